The van der Waals surface area contributed by atoms with Crippen molar-refractivity contribution in [2.75, 3.05) is 5.75 Å². The molecule has 1 aromatic carbocycles. The molecule has 6 heteroatoms. The second-order valence-corrected chi connectivity index (χ2v) is 5.52. The molecule has 0 spiro atoms. The number of carbonyl (C=O) groups is 2. The molecule has 0 bridgehead atoms. The minimum atomic E-state index is -0.999. The number of thioether (sulfide) groups is 1. The number of amides is 1. The molecule has 1 rings (SSSR count). The second kappa shape index (κ2) is 8.07. The molecule has 1 amide bonds. The molecule has 0 aromatic heterocycles. The van der Waals surface area contributed by atoms with Crippen molar-refractivity contribution in [1.82, 2.24) is 5.32 Å². The van der Waals surface area contributed by atoms with Gasteiger partial charge in [0.05, 0.1) is 0 Å². The molecule has 0 aliphatic rings. The van der Waals surface area contributed by atoms with E-state index in [0.29, 0.717) is 17.2 Å². The zero-order valence-electron chi connectivity index (χ0n) is 10.6. The summed E-state index contributed by atoms with van der Waals surface area (Å²) >= 11 is 7.30. The molecule has 0 saturated carbocycles. The highest BCUT2D eigenvalue weighted by atomic mass is 35.5. The van der Waals surface area contributed by atoms with Gasteiger partial charge in [0.25, 0.3) is 0 Å². The lowest BCUT2D eigenvalue weighted by Gasteiger charge is -2.11. The highest BCUT2D eigenvalue weighted by Gasteiger charge is 2.16. The summed E-state index contributed by atoms with van der Waals surface area (Å²) in [6.07, 6.45) is 0.669. The molecule has 0 aliphatic heterocycles. The van der Waals surface area contributed by atoms with E-state index in [4.69, 9.17) is 16.7 Å². The maximum Gasteiger partial charge on any atom is 0.326 e. The van der Waals surface area contributed by atoms with Crippen LogP contribution in [-0.2, 0) is 9.59 Å². The van der Waals surface area contributed by atoms with Crippen LogP contribution in [0.25, 0.3) is 0 Å². The fraction of sp³-hybridized carbons (Fsp3) is 0.385. The van der Waals surface area contributed by atoms with E-state index < -0.39 is 12.0 Å². The Balaban J connectivity index is 2.30. The Kier molecular flexibility index (Phi) is 6.73. The van der Waals surface area contributed by atoms with Gasteiger partial charge in [-0.15, -0.1) is 11.8 Å². The molecule has 104 valence electrons. The summed E-state index contributed by atoms with van der Waals surface area (Å²) in [5.74, 6) is -0.638. The minimum absolute atomic E-state index is 0.240. The lowest BCUT2D eigenvalue weighted by atomic mass is 10.2. The molecule has 0 aliphatic carbocycles. The SMILES string of the molecule is CC[C@H](NC(=O)CCSc1ccc(Cl)cc1)C(=O)O. The Morgan fingerprint density at radius 3 is 2.53 bits per heavy atom. The van der Waals surface area contributed by atoms with Crippen molar-refractivity contribution in [2.24, 2.45) is 0 Å². The van der Waals surface area contributed by atoms with E-state index in [-0.39, 0.29) is 12.3 Å². The number of hydrogen-bond donors (Lipinski definition) is 2. The summed E-state index contributed by atoms with van der Waals surface area (Å²) in [6.45, 7) is 1.72. The predicted molar refractivity (Wildman–Crippen MR) is 76.7 cm³/mol. The van der Waals surface area contributed by atoms with Crippen molar-refractivity contribution in [3.63, 3.8) is 0 Å². The third kappa shape index (κ3) is 5.98. The van der Waals surface area contributed by atoms with Crippen LogP contribution >= 0.6 is 23.4 Å². The van der Waals surface area contributed by atoms with Gasteiger partial charge in [0.1, 0.15) is 6.04 Å². The summed E-state index contributed by atoms with van der Waals surface area (Å²) in [5.41, 5.74) is 0. The van der Waals surface area contributed by atoms with Crippen molar-refractivity contribution in [2.45, 2.75) is 30.7 Å². The second-order valence-electron chi connectivity index (χ2n) is 3.92. The Morgan fingerprint density at radius 1 is 1.37 bits per heavy atom. The molecule has 1 aromatic rings. The lowest BCUT2D eigenvalue weighted by molar-refractivity contribution is -0.141. The van der Waals surface area contributed by atoms with E-state index in [2.05, 4.69) is 5.32 Å². The average Bonchev–Trinajstić information content (AvgIpc) is 2.38. The Labute approximate surface area is 121 Å². The van der Waals surface area contributed by atoms with Crippen LogP contribution < -0.4 is 5.32 Å². The zero-order chi connectivity index (χ0) is 14.3. The van der Waals surface area contributed by atoms with Gasteiger partial charge in [-0.25, -0.2) is 4.79 Å². The molecule has 0 heterocycles. The first-order valence-electron chi connectivity index (χ1n) is 5.93. The molecule has 0 fully saturated rings. The third-order valence-electron chi connectivity index (χ3n) is 2.45. The standard InChI is InChI=1S/C13H16ClNO3S/c1-2-11(13(17)18)15-12(16)7-8-19-10-5-3-9(14)4-6-10/h3-6,11H,2,7-8H2,1H3,(H,15,16)(H,17,18)/t11-/m0/s1. The molecular formula is C13H16ClNO3S. The Hall–Kier alpha value is -1.20. The van der Waals surface area contributed by atoms with Gasteiger partial charge in [-0.2, -0.15) is 0 Å². The molecule has 19 heavy (non-hydrogen) atoms. The number of carboxylic acid groups (broad SMARTS) is 1. The highest BCUT2D eigenvalue weighted by Crippen LogP contribution is 2.20. The topological polar surface area (TPSA) is 66.4 Å². The van der Waals surface area contributed by atoms with E-state index in [1.165, 1.54) is 11.8 Å². The number of carboxylic acids is 1. The molecule has 0 unspecified atom stereocenters. The fourth-order valence-corrected chi connectivity index (χ4v) is 2.38. The molecule has 0 radical (unpaired) electrons. The smallest absolute Gasteiger partial charge is 0.326 e. The van der Waals surface area contributed by atoms with E-state index in [0.717, 1.165) is 4.90 Å². The van der Waals surface area contributed by atoms with E-state index >= 15 is 0 Å². The van der Waals surface area contributed by atoms with Gasteiger partial charge in [-0.1, -0.05) is 18.5 Å². The van der Waals surface area contributed by atoms with Crippen LogP contribution in [-0.4, -0.2) is 28.8 Å². The van der Waals surface area contributed by atoms with Crippen LogP contribution in [0.5, 0.6) is 0 Å². The monoisotopic (exact) mass is 301 g/mol. The first-order chi connectivity index (χ1) is 9.02. The maximum atomic E-state index is 11.6. The maximum absolute atomic E-state index is 11.6. The van der Waals surface area contributed by atoms with E-state index in [9.17, 15) is 9.59 Å². The van der Waals surface area contributed by atoms with Crippen molar-refractivity contribution < 1.29 is 14.7 Å². The van der Waals surface area contributed by atoms with E-state index in [1.54, 1.807) is 19.1 Å². The normalized spacial score (nSPS) is 11.9. The van der Waals surface area contributed by atoms with Crippen molar-refractivity contribution >= 4 is 35.2 Å². The molecule has 1 atom stereocenters. The minimum Gasteiger partial charge on any atom is -0.480 e. The summed E-state index contributed by atoms with van der Waals surface area (Å²) in [7, 11) is 0. The largest absolute Gasteiger partial charge is 0.480 e. The number of benzene rings is 1. The molecule has 4 nitrogen and oxygen atoms in total. The predicted octanol–water partition coefficient (Wildman–Crippen LogP) is 2.80. The van der Waals surface area contributed by atoms with Crippen LogP contribution in [0.3, 0.4) is 0 Å². The van der Waals surface area contributed by atoms with Crippen LogP contribution in [0.1, 0.15) is 19.8 Å². The van der Waals surface area contributed by atoms with Crippen molar-refractivity contribution in [3.05, 3.63) is 29.3 Å². The number of carbonyl (C=O) groups excluding carboxylic acids is 1. The van der Waals surface area contributed by atoms with Gasteiger partial charge in [0.2, 0.25) is 5.91 Å². The van der Waals surface area contributed by atoms with Gasteiger partial charge >= 0.3 is 5.97 Å². The molecule has 2 N–H and O–H groups in total. The first kappa shape index (κ1) is 15.9. The number of hydrogen-bond acceptors (Lipinski definition) is 3. The summed E-state index contributed by atoms with van der Waals surface area (Å²) in [5, 5.41) is 12.0. The highest BCUT2D eigenvalue weighted by molar-refractivity contribution is 7.99. The fourth-order valence-electron chi connectivity index (χ4n) is 1.40. The summed E-state index contributed by atoms with van der Waals surface area (Å²) in [6, 6.07) is 6.56. The van der Waals surface area contributed by atoms with Crippen LogP contribution in [0, 0.1) is 0 Å². The Bertz CT molecular complexity index is 436. The quantitative estimate of drug-likeness (QED) is 0.760. The average molecular weight is 302 g/mol. The van der Waals surface area contributed by atoms with Crippen molar-refractivity contribution in [1.29, 1.82) is 0 Å². The van der Waals surface area contributed by atoms with Crippen LogP contribution in [0.4, 0.5) is 0 Å². The van der Waals surface area contributed by atoms with Gasteiger partial charge in [-0.3, -0.25) is 4.79 Å². The summed E-state index contributed by atoms with van der Waals surface area (Å²) in [4.78, 5) is 23.3. The number of rotatable bonds is 7. The van der Waals surface area contributed by atoms with Gasteiger partial charge in [0.15, 0.2) is 0 Å². The number of nitrogens with one attached hydrogen (secondary N) is 1. The van der Waals surface area contributed by atoms with Crippen LogP contribution in [0.15, 0.2) is 29.2 Å². The van der Waals surface area contributed by atoms with Gasteiger partial charge < -0.3 is 10.4 Å². The first-order valence-corrected chi connectivity index (χ1v) is 7.29. The number of halogens is 1. The van der Waals surface area contributed by atoms with Gasteiger partial charge in [0, 0.05) is 22.1 Å². The van der Waals surface area contributed by atoms with Crippen LogP contribution in [0.2, 0.25) is 5.02 Å². The summed E-state index contributed by atoms with van der Waals surface area (Å²) < 4.78 is 0. The van der Waals surface area contributed by atoms with E-state index in [1.807, 2.05) is 12.1 Å². The Morgan fingerprint density at radius 2 is 2.00 bits per heavy atom. The van der Waals surface area contributed by atoms with Crippen molar-refractivity contribution in [3.8, 4) is 0 Å². The molecular weight excluding hydrogens is 286 g/mol. The van der Waals surface area contributed by atoms with Gasteiger partial charge in [-0.05, 0) is 30.7 Å². The third-order valence-corrected chi connectivity index (χ3v) is 3.72. The molecule has 0 saturated heterocycles. The number of aliphatic carboxylic acids is 1. The lowest BCUT2D eigenvalue weighted by Crippen LogP contribution is -2.40. The zero-order valence-corrected chi connectivity index (χ0v) is 12.1.